The van der Waals surface area contributed by atoms with Crippen molar-refractivity contribution in [3.8, 4) is 5.75 Å². The Morgan fingerprint density at radius 2 is 1.80 bits per heavy atom. The normalized spacial score (nSPS) is 12.2. The molecule has 0 heterocycles. The van der Waals surface area contributed by atoms with Gasteiger partial charge in [-0.1, -0.05) is 17.7 Å². The predicted molar refractivity (Wildman–Crippen MR) is 75.0 cm³/mol. The highest BCUT2D eigenvalue weighted by molar-refractivity contribution is 6.31. The first-order valence-corrected chi connectivity index (χ1v) is 6.42. The molecule has 2 nitrogen and oxygen atoms in total. The van der Waals surface area contributed by atoms with Crippen molar-refractivity contribution in [2.75, 3.05) is 7.11 Å². The van der Waals surface area contributed by atoms with Crippen LogP contribution in [0.15, 0.2) is 36.4 Å². The van der Waals surface area contributed by atoms with Crippen molar-refractivity contribution < 1.29 is 13.5 Å². The van der Waals surface area contributed by atoms with Crippen LogP contribution in [-0.4, -0.2) is 7.11 Å². The third-order valence-corrected chi connectivity index (χ3v) is 3.40. The molecular formula is C15H14ClF2NO. The van der Waals surface area contributed by atoms with Crippen molar-refractivity contribution in [1.29, 1.82) is 0 Å². The van der Waals surface area contributed by atoms with Crippen LogP contribution in [0.2, 0.25) is 5.02 Å². The van der Waals surface area contributed by atoms with Crippen LogP contribution in [0.5, 0.6) is 5.75 Å². The highest BCUT2D eigenvalue weighted by Crippen LogP contribution is 2.29. The number of methoxy groups -OCH3 is 1. The maximum absolute atomic E-state index is 13.3. The molecule has 1 atom stereocenters. The first kappa shape index (κ1) is 14.8. The minimum atomic E-state index is -0.497. The monoisotopic (exact) mass is 297 g/mol. The molecule has 0 saturated carbocycles. The summed E-state index contributed by atoms with van der Waals surface area (Å²) >= 11 is 5.97. The van der Waals surface area contributed by atoms with Gasteiger partial charge < -0.3 is 10.5 Å². The van der Waals surface area contributed by atoms with Crippen molar-refractivity contribution in [3.63, 3.8) is 0 Å². The van der Waals surface area contributed by atoms with Crippen molar-refractivity contribution in [2.24, 2.45) is 5.73 Å². The van der Waals surface area contributed by atoms with Gasteiger partial charge in [0.15, 0.2) is 0 Å². The number of benzene rings is 2. The van der Waals surface area contributed by atoms with E-state index in [0.29, 0.717) is 28.3 Å². The quantitative estimate of drug-likeness (QED) is 0.930. The lowest BCUT2D eigenvalue weighted by Gasteiger charge is -2.16. The van der Waals surface area contributed by atoms with E-state index in [4.69, 9.17) is 22.1 Å². The molecule has 2 aromatic rings. The van der Waals surface area contributed by atoms with Crippen molar-refractivity contribution >= 4 is 11.6 Å². The van der Waals surface area contributed by atoms with Gasteiger partial charge >= 0.3 is 0 Å². The van der Waals surface area contributed by atoms with Gasteiger partial charge in [-0.05, 0) is 42.3 Å². The van der Waals surface area contributed by atoms with Gasteiger partial charge in [-0.3, -0.25) is 0 Å². The van der Waals surface area contributed by atoms with Crippen LogP contribution in [0.3, 0.4) is 0 Å². The molecule has 0 aliphatic rings. The summed E-state index contributed by atoms with van der Waals surface area (Å²) in [6.45, 7) is 0. The van der Waals surface area contributed by atoms with Crippen LogP contribution in [-0.2, 0) is 6.42 Å². The second kappa shape index (κ2) is 6.20. The van der Waals surface area contributed by atoms with Gasteiger partial charge in [0.05, 0.1) is 7.11 Å². The zero-order valence-electron chi connectivity index (χ0n) is 10.9. The molecule has 0 amide bonds. The van der Waals surface area contributed by atoms with E-state index in [9.17, 15) is 8.78 Å². The third kappa shape index (κ3) is 3.26. The summed E-state index contributed by atoms with van der Waals surface area (Å²) in [7, 11) is 1.49. The molecule has 106 valence electrons. The second-order valence-corrected chi connectivity index (χ2v) is 4.84. The molecule has 0 aliphatic heterocycles. The van der Waals surface area contributed by atoms with Gasteiger partial charge in [-0.2, -0.15) is 0 Å². The maximum atomic E-state index is 13.3. The molecule has 2 aromatic carbocycles. The SMILES string of the molecule is COc1ccc(F)cc1C(N)Cc1ccc(F)cc1Cl. The van der Waals surface area contributed by atoms with E-state index >= 15 is 0 Å². The van der Waals surface area contributed by atoms with Crippen molar-refractivity contribution in [3.05, 3.63) is 64.2 Å². The van der Waals surface area contributed by atoms with Gasteiger partial charge in [0, 0.05) is 16.6 Å². The molecule has 2 N–H and O–H groups in total. The summed E-state index contributed by atoms with van der Waals surface area (Å²) < 4.78 is 31.5. The summed E-state index contributed by atoms with van der Waals surface area (Å²) in [6, 6.07) is 7.79. The molecular weight excluding hydrogens is 284 g/mol. The molecule has 0 bridgehead atoms. The Hall–Kier alpha value is -1.65. The van der Waals surface area contributed by atoms with Gasteiger partial charge in [0.2, 0.25) is 0 Å². The molecule has 0 saturated heterocycles. The molecule has 0 spiro atoms. The summed E-state index contributed by atoms with van der Waals surface area (Å²) in [5.74, 6) is -0.283. The molecule has 1 unspecified atom stereocenters. The van der Waals surface area contributed by atoms with Crippen LogP contribution in [0, 0.1) is 11.6 Å². The fourth-order valence-corrected chi connectivity index (χ4v) is 2.27. The highest BCUT2D eigenvalue weighted by atomic mass is 35.5. The molecule has 5 heteroatoms. The van der Waals surface area contributed by atoms with Crippen molar-refractivity contribution in [1.82, 2.24) is 0 Å². The van der Waals surface area contributed by atoms with Crippen LogP contribution < -0.4 is 10.5 Å². The van der Waals surface area contributed by atoms with E-state index in [0.717, 1.165) is 0 Å². The third-order valence-electron chi connectivity index (χ3n) is 3.05. The molecule has 0 radical (unpaired) electrons. The zero-order chi connectivity index (χ0) is 14.7. The predicted octanol–water partition coefficient (Wildman–Crippen LogP) is 3.87. The lowest BCUT2D eigenvalue weighted by Crippen LogP contribution is -2.15. The maximum Gasteiger partial charge on any atom is 0.124 e. The second-order valence-electron chi connectivity index (χ2n) is 4.43. The lowest BCUT2D eigenvalue weighted by atomic mass is 9.98. The summed E-state index contributed by atoms with van der Waals surface area (Å²) in [6.07, 6.45) is 0.360. The Morgan fingerprint density at radius 1 is 1.15 bits per heavy atom. The number of rotatable bonds is 4. The lowest BCUT2D eigenvalue weighted by molar-refractivity contribution is 0.404. The van der Waals surface area contributed by atoms with E-state index in [2.05, 4.69) is 0 Å². The smallest absolute Gasteiger partial charge is 0.124 e. The topological polar surface area (TPSA) is 35.2 Å². The van der Waals surface area contributed by atoms with E-state index in [1.54, 1.807) is 6.07 Å². The van der Waals surface area contributed by atoms with Gasteiger partial charge in [-0.15, -0.1) is 0 Å². The molecule has 0 fully saturated rings. The average Bonchev–Trinajstić information content (AvgIpc) is 2.41. The molecule has 0 aliphatic carbocycles. The first-order valence-electron chi connectivity index (χ1n) is 6.04. The highest BCUT2D eigenvalue weighted by Gasteiger charge is 2.15. The molecule has 20 heavy (non-hydrogen) atoms. The van der Waals surface area contributed by atoms with Crippen LogP contribution in [0.1, 0.15) is 17.2 Å². The largest absolute Gasteiger partial charge is 0.496 e. The van der Waals surface area contributed by atoms with Crippen LogP contribution in [0.25, 0.3) is 0 Å². The fraction of sp³-hybridized carbons (Fsp3) is 0.200. The van der Waals surface area contributed by atoms with Crippen molar-refractivity contribution in [2.45, 2.75) is 12.5 Å². The Kier molecular flexibility index (Phi) is 4.57. The van der Waals surface area contributed by atoms with E-state index in [1.165, 1.54) is 37.4 Å². The average molecular weight is 298 g/mol. The summed E-state index contributed by atoms with van der Waals surface area (Å²) in [5, 5.41) is 0.302. The minimum absolute atomic E-state index is 0.302. The van der Waals surface area contributed by atoms with E-state index in [1.807, 2.05) is 0 Å². The fourth-order valence-electron chi connectivity index (χ4n) is 2.03. The van der Waals surface area contributed by atoms with E-state index in [-0.39, 0.29) is 5.82 Å². The Labute approximate surface area is 121 Å². The van der Waals surface area contributed by atoms with E-state index < -0.39 is 11.9 Å². The first-order chi connectivity index (χ1) is 9.51. The number of halogens is 3. The summed E-state index contributed by atoms with van der Waals surface area (Å²) in [5.41, 5.74) is 7.33. The van der Waals surface area contributed by atoms with Gasteiger partial charge in [-0.25, -0.2) is 8.78 Å². The number of hydrogen-bond donors (Lipinski definition) is 1. The number of nitrogens with two attached hydrogens (primary N) is 1. The molecule has 0 aromatic heterocycles. The minimum Gasteiger partial charge on any atom is -0.496 e. The van der Waals surface area contributed by atoms with Gasteiger partial charge in [0.25, 0.3) is 0 Å². The van der Waals surface area contributed by atoms with Crippen LogP contribution >= 0.6 is 11.6 Å². The Morgan fingerprint density at radius 3 is 2.45 bits per heavy atom. The number of hydrogen-bond acceptors (Lipinski definition) is 2. The number of ether oxygens (including phenoxy) is 1. The summed E-state index contributed by atoms with van der Waals surface area (Å²) in [4.78, 5) is 0. The Bertz CT molecular complexity index is 619. The zero-order valence-corrected chi connectivity index (χ0v) is 11.6. The Balaban J connectivity index is 2.27. The standard InChI is InChI=1S/C15H14ClF2NO/c1-20-15-5-4-10(17)7-12(15)14(19)6-9-2-3-11(18)8-13(9)16/h2-5,7-8,14H,6,19H2,1H3. The van der Waals surface area contributed by atoms with Gasteiger partial charge in [0.1, 0.15) is 17.4 Å². The molecule has 2 rings (SSSR count). The van der Waals surface area contributed by atoms with Crippen LogP contribution in [0.4, 0.5) is 8.78 Å².